The molecule has 6 heteroatoms. The molecule has 6 nitrogen and oxygen atoms in total. The molecule has 1 heterocycles. The topological polar surface area (TPSA) is 78.5 Å². The van der Waals surface area contributed by atoms with Crippen LogP contribution in [0.1, 0.15) is 26.7 Å². The van der Waals surface area contributed by atoms with Crippen molar-refractivity contribution in [2.75, 3.05) is 20.1 Å². The van der Waals surface area contributed by atoms with E-state index in [1.54, 1.807) is 6.92 Å². The van der Waals surface area contributed by atoms with Crippen LogP contribution >= 0.6 is 0 Å². The van der Waals surface area contributed by atoms with Crippen LogP contribution in [0.25, 0.3) is 0 Å². The molecule has 3 amide bonds. The second-order valence-electron chi connectivity index (χ2n) is 4.56. The van der Waals surface area contributed by atoms with Crippen LogP contribution in [0.5, 0.6) is 0 Å². The van der Waals surface area contributed by atoms with Gasteiger partial charge < -0.3 is 5.32 Å². The number of amides is 3. The third-order valence-corrected chi connectivity index (χ3v) is 3.44. The van der Waals surface area contributed by atoms with E-state index in [1.807, 2.05) is 11.8 Å². The van der Waals surface area contributed by atoms with Crippen molar-refractivity contribution in [3.05, 3.63) is 0 Å². The van der Waals surface area contributed by atoms with E-state index in [2.05, 4.69) is 10.6 Å². The fourth-order valence-electron chi connectivity index (χ4n) is 2.09. The number of likely N-dealkylation sites (tertiary alicyclic amines) is 1. The highest BCUT2D eigenvalue weighted by molar-refractivity contribution is 5.96. The summed E-state index contributed by atoms with van der Waals surface area (Å²) in [6, 6.07) is -0.906. The number of piperidine rings is 1. The van der Waals surface area contributed by atoms with Crippen LogP contribution in [0.4, 0.5) is 4.79 Å². The van der Waals surface area contributed by atoms with Gasteiger partial charge in [-0.3, -0.25) is 19.8 Å². The molecule has 18 heavy (non-hydrogen) atoms. The molecular formula is C12H21N3O3. The maximum absolute atomic E-state index is 11.8. The Morgan fingerprint density at radius 2 is 2.17 bits per heavy atom. The minimum atomic E-state index is -0.507. The van der Waals surface area contributed by atoms with Gasteiger partial charge in [0.1, 0.15) is 5.78 Å². The molecule has 1 fully saturated rings. The minimum absolute atomic E-state index is 0.00833. The van der Waals surface area contributed by atoms with Crippen LogP contribution in [0.2, 0.25) is 0 Å². The van der Waals surface area contributed by atoms with Crippen LogP contribution in [0, 0.1) is 5.92 Å². The first-order valence-electron chi connectivity index (χ1n) is 6.28. The van der Waals surface area contributed by atoms with Gasteiger partial charge in [0, 0.05) is 32.5 Å². The lowest BCUT2D eigenvalue weighted by Crippen LogP contribution is -2.53. The van der Waals surface area contributed by atoms with Crippen molar-refractivity contribution in [2.24, 2.45) is 5.92 Å². The summed E-state index contributed by atoms with van der Waals surface area (Å²) >= 11 is 0. The number of urea groups is 1. The Morgan fingerprint density at radius 1 is 1.50 bits per heavy atom. The smallest absolute Gasteiger partial charge is 0.321 e. The van der Waals surface area contributed by atoms with E-state index >= 15 is 0 Å². The molecule has 0 aromatic carbocycles. The number of hydrogen-bond acceptors (Lipinski definition) is 4. The van der Waals surface area contributed by atoms with E-state index in [4.69, 9.17) is 0 Å². The number of imide groups is 1. The predicted octanol–water partition coefficient (Wildman–Crippen LogP) is 0.132. The quantitative estimate of drug-likeness (QED) is 0.751. The summed E-state index contributed by atoms with van der Waals surface area (Å²) in [6.07, 6.45) is 1.27. The Balaban J connectivity index is 2.56. The van der Waals surface area contributed by atoms with Crippen molar-refractivity contribution >= 4 is 17.7 Å². The first kappa shape index (κ1) is 14.6. The van der Waals surface area contributed by atoms with Gasteiger partial charge in [0.25, 0.3) is 0 Å². The molecule has 0 saturated carbocycles. The summed E-state index contributed by atoms with van der Waals surface area (Å²) in [4.78, 5) is 36.4. The lowest BCUT2D eigenvalue weighted by molar-refractivity contribution is -0.132. The monoisotopic (exact) mass is 255 g/mol. The normalized spacial score (nSPS) is 22.4. The molecule has 2 N–H and O–H groups in total. The Bertz CT molecular complexity index is 343. The highest BCUT2D eigenvalue weighted by atomic mass is 16.2. The van der Waals surface area contributed by atoms with Crippen molar-refractivity contribution < 1.29 is 14.4 Å². The zero-order chi connectivity index (χ0) is 13.7. The highest BCUT2D eigenvalue weighted by Crippen LogP contribution is 2.18. The number of rotatable bonds is 3. The minimum Gasteiger partial charge on any atom is -0.341 e. The van der Waals surface area contributed by atoms with Gasteiger partial charge in [0.05, 0.1) is 6.04 Å². The zero-order valence-corrected chi connectivity index (χ0v) is 11.2. The molecule has 0 aliphatic carbocycles. The third kappa shape index (κ3) is 3.53. The number of nitrogens with one attached hydrogen (secondary N) is 2. The summed E-state index contributed by atoms with van der Waals surface area (Å²) in [7, 11) is 1.46. The van der Waals surface area contributed by atoms with Crippen LogP contribution in [0.3, 0.4) is 0 Å². The van der Waals surface area contributed by atoms with Gasteiger partial charge in [0.2, 0.25) is 5.91 Å². The molecule has 0 aromatic heterocycles. The maximum Gasteiger partial charge on any atom is 0.321 e. The summed E-state index contributed by atoms with van der Waals surface area (Å²) < 4.78 is 0. The molecule has 102 valence electrons. The molecule has 1 rings (SSSR count). The molecule has 0 spiro atoms. The number of Topliss-reactive ketones (excluding diaryl/α,β-unsaturated/α-hetero) is 1. The van der Waals surface area contributed by atoms with Gasteiger partial charge in [-0.2, -0.15) is 0 Å². The molecule has 2 atom stereocenters. The van der Waals surface area contributed by atoms with Gasteiger partial charge in [-0.05, 0) is 13.3 Å². The van der Waals surface area contributed by atoms with Gasteiger partial charge >= 0.3 is 6.03 Å². The van der Waals surface area contributed by atoms with Crippen LogP contribution in [0.15, 0.2) is 0 Å². The number of hydrogen-bond donors (Lipinski definition) is 2. The SMILES string of the molecule is CCC1CN(C(C)C(=O)NC(=O)NC)CCC1=O. The van der Waals surface area contributed by atoms with Crippen molar-refractivity contribution in [3.63, 3.8) is 0 Å². The molecule has 0 radical (unpaired) electrons. The van der Waals surface area contributed by atoms with E-state index in [0.29, 0.717) is 19.5 Å². The van der Waals surface area contributed by atoms with Crippen molar-refractivity contribution in [2.45, 2.75) is 32.7 Å². The Morgan fingerprint density at radius 3 is 2.72 bits per heavy atom. The lowest BCUT2D eigenvalue weighted by atomic mass is 9.93. The summed E-state index contributed by atoms with van der Waals surface area (Å²) in [5.41, 5.74) is 0. The third-order valence-electron chi connectivity index (χ3n) is 3.44. The van der Waals surface area contributed by atoms with Crippen LogP contribution < -0.4 is 10.6 Å². The van der Waals surface area contributed by atoms with Crippen molar-refractivity contribution in [3.8, 4) is 0 Å². The molecular weight excluding hydrogens is 234 g/mol. The number of carbonyl (C=O) groups excluding carboxylic acids is 3. The van der Waals surface area contributed by atoms with E-state index < -0.39 is 12.1 Å². The van der Waals surface area contributed by atoms with Gasteiger partial charge in [-0.25, -0.2) is 4.79 Å². The lowest BCUT2D eigenvalue weighted by Gasteiger charge is -2.34. The maximum atomic E-state index is 11.8. The molecule has 1 aliphatic rings. The largest absolute Gasteiger partial charge is 0.341 e. The second kappa shape index (κ2) is 6.49. The summed E-state index contributed by atoms with van der Waals surface area (Å²) in [6.45, 7) is 4.90. The van der Waals surface area contributed by atoms with Gasteiger partial charge in [-0.1, -0.05) is 6.92 Å². The molecule has 0 bridgehead atoms. The summed E-state index contributed by atoms with van der Waals surface area (Å²) in [5.74, 6) is -0.0554. The van der Waals surface area contributed by atoms with Crippen molar-refractivity contribution in [1.29, 1.82) is 0 Å². The van der Waals surface area contributed by atoms with Crippen molar-refractivity contribution in [1.82, 2.24) is 15.5 Å². The summed E-state index contributed by atoms with van der Waals surface area (Å²) in [5, 5.41) is 4.59. The number of nitrogens with zero attached hydrogens (tertiary/aromatic N) is 1. The first-order chi connectivity index (χ1) is 8.49. The number of carbonyl (C=O) groups is 3. The standard InChI is InChI=1S/C12H21N3O3/c1-4-9-7-15(6-5-10(9)16)8(2)11(17)14-12(18)13-3/h8-9H,4-7H2,1-3H3,(H2,13,14,17,18). The fourth-order valence-corrected chi connectivity index (χ4v) is 2.09. The van der Waals surface area contributed by atoms with Gasteiger partial charge in [-0.15, -0.1) is 0 Å². The van der Waals surface area contributed by atoms with Crippen LogP contribution in [-0.2, 0) is 9.59 Å². The molecule has 1 aliphatic heterocycles. The zero-order valence-electron chi connectivity index (χ0n) is 11.2. The Kier molecular flexibility index (Phi) is 5.27. The average molecular weight is 255 g/mol. The van der Waals surface area contributed by atoms with E-state index in [0.717, 1.165) is 6.42 Å². The van der Waals surface area contributed by atoms with E-state index in [1.165, 1.54) is 7.05 Å². The Labute approximate surface area is 107 Å². The Hall–Kier alpha value is -1.43. The second-order valence-corrected chi connectivity index (χ2v) is 4.56. The van der Waals surface area contributed by atoms with E-state index in [9.17, 15) is 14.4 Å². The average Bonchev–Trinajstić information content (AvgIpc) is 2.38. The van der Waals surface area contributed by atoms with Crippen LogP contribution in [-0.4, -0.2) is 48.8 Å². The first-order valence-corrected chi connectivity index (χ1v) is 6.28. The number of ketones is 1. The fraction of sp³-hybridized carbons (Fsp3) is 0.750. The molecule has 1 saturated heterocycles. The molecule has 2 unspecified atom stereocenters. The highest BCUT2D eigenvalue weighted by Gasteiger charge is 2.31. The van der Waals surface area contributed by atoms with Gasteiger partial charge in [0.15, 0.2) is 0 Å². The predicted molar refractivity (Wildman–Crippen MR) is 67.0 cm³/mol. The molecule has 0 aromatic rings. The van der Waals surface area contributed by atoms with E-state index in [-0.39, 0.29) is 17.6 Å².